The van der Waals surface area contributed by atoms with Gasteiger partial charge in [-0.05, 0) is 36.8 Å². The molecule has 0 saturated carbocycles. The van der Waals surface area contributed by atoms with Crippen LogP contribution in [0.25, 0.3) is 0 Å². The third-order valence-electron chi connectivity index (χ3n) is 2.77. The molecule has 5 nitrogen and oxygen atoms in total. The molecule has 21 heavy (non-hydrogen) atoms. The number of aromatic carboxylic acids is 1. The number of carbonyl (C=O) groups excluding carboxylic acids is 2. The molecule has 1 N–H and O–H groups in total. The average Bonchev–Trinajstić information content (AvgIpc) is 2.47. The van der Waals surface area contributed by atoms with E-state index in [0.717, 1.165) is 5.56 Å². The van der Waals surface area contributed by atoms with Gasteiger partial charge in [-0.25, -0.2) is 0 Å². The fraction of sp³-hybridized carbons (Fsp3) is 0.125. The third-order valence-corrected chi connectivity index (χ3v) is 2.77. The highest BCUT2D eigenvalue weighted by Gasteiger charge is 2.04. The predicted octanol–water partition coefficient (Wildman–Crippen LogP) is 1.38. The van der Waals surface area contributed by atoms with Crippen LogP contribution in [0.15, 0.2) is 48.5 Å². The van der Waals surface area contributed by atoms with E-state index in [0.29, 0.717) is 11.4 Å². The molecule has 0 saturated heterocycles. The summed E-state index contributed by atoms with van der Waals surface area (Å²) in [5.41, 5.74) is 1.49. The standard InChI is InChI=1S/C16H15NO4/c1-11-5-7-14(8-6-11)21-10-15(18)17-13-4-2-3-12(9-13)16(19)20/h2-9H,10H2,1H3,(H,17,18)(H,19,20)/p-1. The maximum absolute atomic E-state index is 11.7. The van der Waals surface area contributed by atoms with Crippen molar-refractivity contribution in [1.29, 1.82) is 0 Å². The van der Waals surface area contributed by atoms with Crippen molar-refractivity contribution in [1.82, 2.24) is 0 Å². The minimum Gasteiger partial charge on any atom is -0.545 e. The SMILES string of the molecule is Cc1ccc(OCC(=O)Nc2cccc(C(=O)[O-])c2)cc1. The van der Waals surface area contributed by atoms with Crippen molar-refractivity contribution in [3.05, 3.63) is 59.7 Å². The molecule has 2 aromatic rings. The summed E-state index contributed by atoms with van der Waals surface area (Å²) in [6.45, 7) is 1.80. The second-order valence-electron chi connectivity index (χ2n) is 4.52. The third kappa shape index (κ3) is 4.35. The van der Waals surface area contributed by atoms with Crippen LogP contribution in [0, 0.1) is 6.92 Å². The van der Waals surface area contributed by atoms with E-state index in [4.69, 9.17) is 4.74 Å². The molecular weight excluding hydrogens is 270 g/mol. The van der Waals surface area contributed by atoms with E-state index in [1.807, 2.05) is 19.1 Å². The number of nitrogens with one attached hydrogen (secondary N) is 1. The van der Waals surface area contributed by atoms with Crippen molar-refractivity contribution >= 4 is 17.6 Å². The molecule has 0 fully saturated rings. The van der Waals surface area contributed by atoms with Crippen LogP contribution in [0.1, 0.15) is 15.9 Å². The minimum atomic E-state index is -1.29. The molecule has 2 rings (SSSR count). The van der Waals surface area contributed by atoms with Gasteiger partial charge in [0.15, 0.2) is 6.61 Å². The Balaban J connectivity index is 1.91. The molecule has 0 radical (unpaired) electrons. The van der Waals surface area contributed by atoms with Crippen LogP contribution in [0.5, 0.6) is 5.75 Å². The Labute approximate surface area is 122 Å². The summed E-state index contributed by atoms with van der Waals surface area (Å²) in [4.78, 5) is 22.5. The average molecular weight is 284 g/mol. The van der Waals surface area contributed by atoms with Gasteiger partial charge in [0.25, 0.3) is 5.91 Å². The minimum absolute atomic E-state index is 0.00672. The fourth-order valence-corrected chi connectivity index (χ4v) is 1.70. The van der Waals surface area contributed by atoms with E-state index in [1.165, 1.54) is 18.2 Å². The normalized spacial score (nSPS) is 9.95. The maximum Gasteiger partial charge on any atom is 0.262 e. The highest BCUT2D eigenvalue weighted by Crippen LogP contribution is 2.12. The van der Waals surface area contributed by atoms with Gasteiger partial charge in [-0.2, -0.15) is 0 Å². The molecule has 0 spiro atoms. The smallest absolute Gasteiger partial charge is 0.262 e. The Kier molecular flexibility index (Phi) is 4.56. The summed E-state index contributed by atoms with van der Waals surface area (Å²) in [5.74, 6) is -1.06. The van der Waals surface area contributed by atoms with E-state index in [-0.39, 0.29) is 18.1 Å². The molecule has 5 heteroatoms. The lowest BCUT2D eigenvalue weighted by molar-refractivity contribution is -0.255. The first-order valence-electron chi connectivity index (χ1n) is 6.35. The number of carboxylic acids is 1. The number of carboxylic acid groups (broad SMARTS) is 1. The molecule has 0 heterocycles. The van der Waals surface area contributed by atoms with Gasteiger partial charge in [-0.3, -0.25) is 4.79 Å². The van der Waals surface area contributed by atoms with Gasteiger partial charge in [0, 0.05) is 5.69 Å². The molecule has 2 aromatic carbocycles. The van der Waals surface area contributed by atoms with Crippen molar-refractivity contribution in [3.63, 3.8) is 0 Å². The van der Waals surface area contributed by atoms with Crippen molar-refractivity contribution in [2.24, 2.45) is 0 Å². The van der Waals surface area contributed by atoms with Crippen LogP contribution in [-0.4, -0.2) is 18.5 Å². The summed E-state index contributed by atoms with van der Waals surface area (Å²) in [6.07, 6.45) is 0. The number of amides is 1. The Bertz CT molecular complexity index is 650. The Morgan fingerprint density at radius 2 is 1.86 bits per heavy atom. The molecule has 1 amide bonds. The summed E-state index contributed by atoms with van der Waals surface area (Å²) in [5, 5.41) is 13.3. The van der Waals surface area contributed by atoms with Gasteiger partial charge in [-0.15, -0.1) is 0 Å². The van der Waals surface area contributed by atoms with Crippen molar-refractivity contribution < 1.29 is 19.4 Å². The molecule has 0 atom stereocenters. The Morgan fingerprint density at radius 3 is 2.52 bits per heavy atom. The molecule has 0 aliphatic heterocycles. The van der Waals surface area contributed by atoms with Gasteiger partial charge in [0.1, 0.15) is 5.75 Å². The fourth-order valence-electron chi connectivity index (χ4n) is 1.70. The second-order valence-corrected chi connectivity index (χ2v) is 4.52. The van der Waals surface area contributed by atoms with E-state index in [1.54, 1.807) is 18.2 Å². The first-order chi connectivity index (χ1) is 10.0. The second kappa shape index (κ2) is 6.56. The number of carbonyl (C=O) groups is 2. The number of aryl methyl sites for hydroxylation is 1. The van der Waals surface area contributed by atoms with Crippen LogP contribution < -0.4 is 15.2 Å². The van der Waals surface area contributed by atoms with E-state index in [2.05, 4.69) is 5.32 Å². The lowest BCUT2D eigenvalue weighted by Crippen LogP contribution is -2.23. The van der Waals surface area contributed by atoms with E-state index < -0.39 is 5.97 Å². The maximum atomic E-state index is 11.7. The van der Waals surface area contributed by atoms with Gasteiger partial charge >= 0.3 is 0 Å². The lowest BCUT2D eigenvalue weighted by atomic mass is 10.2. The Morgan fingerprint density at radius 1 is 1.14 bits per heavy atom. The summed E-state index contributed by atoms with van der Waals surface area (Å²) in [7, 11) is 0. The highest BCUT2D eigenvalue weighted by molar-refractivity contribution is 5.94. The summed E-state index contributed by atoms with van der Waals surface area (Å²) >= 11 is 0. The first kappa shape index (κ1) is 14.6. The number of hydrogen-bond donors (Lipinski definition) is 1. The number of anilines is 1. The lowest BCUT2D eigenvalue weighted by Gasteiger charge is -2.09. The molecule has 0 aliphatic rings. The van der Waals surface area contributed by atoms with Crippen LogP contribution in [0.3, 0.4) is 0 Å². The van der Waals surface area contributed by atoms with E-state index >= 15 is 0 Å². The molecule has 108 valence electrons. The van der Waals surface area contributed by atoms with Gasteiger partial charge in [0.2, 0.25) is 0 Å². The number of ether oxygens (including phenoxy) is 1. The van der Waals surface area contributed by atoms with Crippen molar-refractivity contribution in [3.8, 4) is 5.75 Å². The van der Waals surface area contributed by atoms with Gasteiger partial charge in [0.05, 0.1) is 5.97 Å². The number of benzene rings is 2. The Hall–Kier alpha value is -2.82. The van der Waals surface area contributed by atoms with E-state index in [9.17, 15) is 14.7 Å². The van der Waals surface area contributed by atoms with Crippen LogP contribution >= 0.6 is 0 Å². The zero-order valence-electron chi connectivity index (χ0n) is 11.5. The molecular formula is C16H14NO4-. The quantitative estimate of drug-likeness (QED) is 0.899. The monoisotopic (exact) mass is 284 g/mol. The summed E-state index contributed by atoms with van der Waals surface area (Å²) < 4.78 is 5.33. The van der Waals surface area contributed by atoms with Crippen molar-refractivity contribution in [2.75, 3.05) is 11.9 Å². The number of rotatable bonds is 5. The van der Waals surface area contributed by atoms with Crippen LogP contribution in [0.2, 0.25) is 0 Å². The van der Waals surface area contributed by atoms with Crippen LogP contribution in [0.4, 0.5) is 5.69 Å². The zero-order chi connectivity index (χ0) is 15.2. The molecule has 0 bridgehead atoms. The first-order valence-corrected chi connectivity index (χ1v) is 6.35. The molecule has 0 unspecified atom stereocenters. The summed E-state index contributed by atoms with van der Waals surface area (Å²) in [6, 6.07) is 13.2. The molecule has 0 aliphatic carbocycles. The predicted molar refractivity (Wildman–Crippen MR) is 76.1 cm³/mol. The zero-order valence-corrected chi connectivity index (χ0v) is 11.5. The van der Waals surface area contributed by atoms with Crippen molar-refractivity contribution in [2.45, 2.75) is 6.92 Å². The van der Waals surface area contributed by atoms with Crippen LogP contribution in [-0.2, 0) is 4.79 Å². The number of hydrogen-bond acceptors (Lipinski definition) is 4. The highest BCUT2D eigenvalue weighted by atomic mass is 16.5. The largest absolute Gasteiger partial charge is 0.545 e. The molecule has 0 aromatic heterocycles. The van der Waals surface area contributed by atoms with Gasteiger partial charge < -0.3 is 20.0 Å². The topological polar surface area (TPSA) is 78.5 Å². The van der Waals surface area contributed by atoms with Gasteiger partial charge in [-0.1, -0.05) is 29.8 Å².